The van der Waals surface area contributed by atoms with Crippen LogP contribution in [-0.2, 0) is 6.54 Å². The highest BCUT2D eigenvalue weighted by Gasteiger charge is 2.09. The number of nitrogens with zero attached hydrogens (tertiary/aromatic N) is 3. The molecule has 0 aliphatic rings. The first-order valence-corrected chi connectivity index (χ1v) is 7.69. The maximum Gasteiger partial charge on any atom is 0.316 e. The minimum absolute atomic E-state index is 0.0101. The summed E-state index contributed by atoms with van der Waals surface area (Å²) < 4.78 is 21.2. The Balaban J connectivity index is 1.78. The lowest BCUT2D eigenvalue weighted by Crippen LogP contribution is -2.19. The number of halogens is 1. The highest BCUT2D eigenvalue weighted by atomic mass is 19.1. The first kappa shape index (κ1) is 17.4. The zero-order valence-electron chi connectivity index (χ0n) is 13.6. The summed E-state index contributed by atoms with van der Waals surface area (Å²) in [4.78, 5) is 15.1. The van der Waals surface area contributed by atoms with Gasteiger partial charge in [-0.1, -0.05) is 0 Å². The largest absolute Gasteiger partial charge is 0.457 e. The van der Waals surface area contributed by atoms with Crippen LogP contribution in [0.1, 0.15) is 0 Å². The number of amides is 2. The summed E-state index contributed by atoms with van der Waals surface area (Å²) in [5.74, 6) is 0.0476. The molecule has 0 spiro atoms. The average molecular weight is 357 g/mol. The zero-order valence-corrected chi connectivity index (χ0v) is 13.6. The van der Waals surface area contributed by atoms with Crippen molar-refractivity contribution in [3.8, 4) is 22.8 Å². The topological polar surface area (TPSA) is 115 Å². The van der Waals surface area contributed by atoms with Crippen molar-refractivity contribution in [2.75, 3.05) is 11.9 Å². The number of urea groups is 1. The number of benzene rings is 1. The molecule has 0 radical (unpaired) electrons. The molecule has 3 rings (SSSR count). The number of aromatic nitrogens is 3. The van der Waals surface area contributed by atoms with Crippen molar-refractivity contribution < 1.29 is 19.0 Å². The van der Waals surface area contributed by atoms with E-state index in [4.69, 9.17) is 15.6 Å². The van der Waals surface area contributed by atoms with Crippen LogP contribution in [-0.4, -0.2) is 32.5 Å². The number of aliphatic hydroxyl groups excluding tert-OH is 1. The van der Waals surface area contributed by atoms with Crippen LogP contribution in [0.25, 0.3) is 11.3 Å². The molecule has 0 atom stereocenters. The van der Waals surface area contributed by atoms with Crippen molar-refractivity contribution in [1.29, 1.82) is 0 Å². The van der Waals surface area contributed by atoms with Crippen molar-refractivity contribution in [1.82, 2.24) is 14.8 Å². The highest BCUT2D eigenvalue weighted by molar-refractivity contribution is 5.87. The molecule has 8 nitrogen and oxygen atoms in total. The molecule has 2 aromatic heterocycles. The summed E-state index contributed by atoms with van der Waals surface area (Å²) in [6, 6.07) is 6.48. The van der Waals surface area contributed by atoms with Gasteiger partial charge >= 0.3 is 6.03 Å². The Kier molecular flexibility index (Phi) is 5.09. The summed E-state index contributed by atoms with van der Waals surface area (Å²) in [5.41, 5.74) is 6.33. The van der Waals surface area contributed by atoms with Crippen LogP contribution in [0.2, 0.25) is 0 Å². The summed E-state index contributed by atoms with van der Waals surface area (Å²) in [6.07, 6.45) is 4.95. The number of nitrogens with two attached hydrogens (primary N) is 1. The predicted octanol–water partition coefficient (Wildman–Crippen LogP) is 2.36. The Hall–Kier alpha value is -3.46. The Morgan fingerprint density at radius 2 is 2.12 bits per heavy atom. The van der Waals surface area contributed by atoms with Crippen LogP contribution in [0.4, 0.5) is 14.9 Å². The number of ether oxygens (including phenoxy) is 1. The Morgan fingerprint density at radius 1 is 1.31 bits per heavy atom. The molecule has 26 heavy (non-hydrogen) atoms. The fourth-order valence-electron chi connectivity index (χ4n) is 2.28. The second kappa shape index (κ2) is 7.62. The van der Waals surface area contributed by atoms with Gasteiger partial charge in [0.25, 0.3) is 0 Å². The SMILES string of the molecule is NC(=O)Nc1ccc(Oc2ccnc(-c3cnn(CCO)c3)c2)cc1F. The van der Waals surface area contributed by atoms with Gasteiger partial charge in [-0.15, -0.1) is 0 Å². The number of anilines is 1. The van der Waals surface area contributed by atoms with Gasteiger partial charge in [-0.25, -0.2) is 9.18 Å². The van der Waals surface area contributed by atoms with Crippen LogP contribution in [0.15, 0.2) is 48.9 Å². The molecule has 0 fully saturated rings. The van der Waals surface area contributed by atoms with Crippen molar-refractivity contribution in [2.24, 2.45) is 5.73 Å². The summed E-state index contributed by atoms with van der Waals surface area (Å²) >= 11 is 0. The van der Waals surface area contributed by atoms with Crippen LogP contribution in [0.3, 0.4) is 0 Å². The normalized spacial score (nSPS) is 10.5. The summed E-state index contributed by atoms with van der Waals surface area (Å²) in [5, 5.41) is 15.2. The Labute approximate surface area is 148 Å². The number of pyridine rings is 1. The predicted molar refractivity (Wildman–Crippen MR) is 92.2 cm³/mol. The number of hydrogen-bond acceptors (Lipinski definition) is 5. The molecule has 2 amide bonds. The Morgan fingerprint density at radius 3 is 2.85 bits per heavy atom. The molecule has 9 heteroatoms. The lowest BCUT2D eigenvalue weighted by Gasteiger charge is -2.09. The minimum atomic E-state index is -0.849. The highest BCUT2D eigenvalue weighted by Crippen LogP contribution is 2.27. The monoisotopic (exact) mass is 357 g/mol. The van der Waals surface area contributed by atoms with Crippen molar-refractivity contribution in [3.05, 3.63) is 54.7 Å². The fourth-order valence-corrected chi connectivity index (χ4v) is 2.28. The Bertz CT molecular complexity index is 928. The van der Waals surface area contributed by atoms with Crippen LogP contribution in [0.5, 0.6) is 11.5 Å². The molecular weight excluding hydrogens is 341 g/mol. The van der Waals surface area contributed by atoms with Gasteiger partial charge in [0.05, 0.1) is 30.7 Å². The first-order valence-electron chi connectivity index (χ1n) is 7.69. The smallest absolute Gasteiger partial charge is 0.316 e. The second-order valence-corrected chi connectivity index (χ2v) is 5.33. The van der Waals surface area contributed by atoms with Gasteiger partial charge in [-0.2, -0.15) is 5.10 Å². The van der Waals surface area contributed by atoms with Gasteiger partial charge in [0, 0.05) is 30.1 Å². The molecule has 134 valence electrons. The summed E-state index contributed by atoms with van der Waals surface area (Å²) in [7, 11) is 0. The van der Waals surface area contributed by atoms with Gasteiger partial charge in [-0.05, 0) is 18.2 Å². The summed E-state index contributed by atoms with van der Waals surface area (Å²) in [6.45, 7) is 0.380. The zero-order chi connectivity index (χ0) is 18.5. The second-order valence-electron chi connectivity index (χ2n) is 5.33. The number of nitrogens with one attached hydrogen (secondary N) is 1. The van der Waals surface area contributed by atoms with Gasteiger partial charge in [0.1, 0.15) is 17.3 Å². The fraction of sp³-hybridized carbons (Fsp3) is 0.118. The number of hydrogen-bond donors (Lipinski definition) is 3. The molecule has 0 bridgehead atoms. The molecule has 4 N–H and O–H groups in total. The molecule has 2 heterocycles. The molecule has 0 saturated heterocycles. The standard InChI is InChI=1S/C17H16FN5O3/c18-14-7-12(1-2-15(14)22-17(19)25)26-13-3-4-20-16(8-13)11-9-21-23(10-11)5-6-24/h1-4,7-10,24H,5-6H2,(H3,19,22,25). The number of aliphatic hydroxyl groups is 1. The lowest BCUT2D eigenvalue weighted by molar-refractivity contribution is 0.259. The van der Waals surface area contributed by atoms with Crippen molar-refractivity contribution in [3.63, 3.8) is 0 Å². The maximum atomic E-state index is 13.9. The number of carbonyl (C=O) groups is 1. The van der Waals surface area contributed by atoms with E-state index in [0.717, 1.165) is 11.6 Å². The van der Waals surface area contributed by atoms with Crippen LogP contribution >= 0.6 is 0 Å². The van der Waals surface area contributed by atoms with E-state index in [-0.39, 0.29) is 18.0 Å². The van der Waals surface area contributed by atoms with E-state index in [0.29, 0.717) is 18.0 Å². The molecule has 0 aliphatic carbocycles. The van der Waals surface area contributed by atoms with Gasteiger partial charge in [-0.3, -0.25) is 9.67 Å². The molecule has 0 saturated carbocycles. The molecule has 1 aromatic carbocycles. The molecule has 0 aliphatic heterocycles. The van der Waals surface area contributed by atoms with E-state index in [1.807, 2.05) is 0 Å². The van der Waals surface area contributed by atoms with E-state index >= 15 is 0 Å². The van der Waals surface area contributed by atoms with Crippen LogP contribution < -0.4 is 15.8 Å². The lowest BCUT2D eigenvalue weighted by atomic mass is 10.2. The van der Waals surface area contributed by atoms with Crippen molar-refractivity contribution >= 4 is 11.7 Å². The number of primary amides is 1. The third-order valence-electron chi connectivity index (χ3n) is 3.42. The molecular formula is C17H16FN5O3. The third-order valence-corrected chi connectivity index (χ3v) is 3.42. The van der Waals surface area contributed by atoms with Crippen molar-refractivity contribution in [2.45, 2.75) is 6.54 Å². The van der Waals surface area contributed by atoms with E-state index in [1.54, 1.807) is 35.4 Å². The van der Waals surface area contributed by atoms with E-state index < -0.39 is 11.8 Å². The minimum Gasteiger partial charge on any atom is -0.457 e. The van der Waals surface area contributed by atoms with Gasteiger partial charge in [0.15, 0.2) is 0 Å². The van der Waals surface area contributed by atoms with E-state index in [2.05, 4.69) is 15.4 Å². The van der Waals surface area contributed by atoms with Gasteiger partial charge < -0.3 is 20.9 Å². The average Bonchev–Trinajstić information content (AvgIpc) is 3.06. The van der Waals surface area contributed by atoms with E-state index in [9.17, 15) is 9.18 Å². The quantitative estimate of drug-likeness (QED) is 0.626. The molecule has 3 aromatic rings. The van der Waals surface area contributed by atoms with Crippen LogP contribution in [0, 0.1) is 5.82 Å². The maximum absolute atomic E-state index is 13.9. The van der Waals surface area contributed by atoms with Gasteiger partial charge in [0.2, 0.25) is 0 Å². The van der Waals surface area contributed by atoms with E-state index in [1.165, 1.54) is 12.1 Å². The number of rotatable bonds is 6. The first-order chi connectivity index (χ1) is 12.5. The molecule has 0 unspecified atom stereocenters. The third kappa shape index (κ3) is 4.14. The number of carbonyl (C=O) groups excluding carboxylic acids is 1.